The fraction of sp³-hybridized carbons (Fsp3) is 1.00. The molecule has 0 aromatic carbocycles. The van der Waals surface area contributed by atoms with Crippen LogP contribution in [0.4, 0.5) is 0 Å². The molecule has 0 saturated carbocycles. The standard InChI is InChI=1S/C6H11N3O4S/c7-9-8-3-5(12)4(11)2(1-10)13-6(3)14/h2-6,10-12,14H,1H2/t2?,3?,4-,5?,6+/m1/s1. The summed E-state index contributed by atoms with van der Waals surface area (Å²) in [5.74, 6) is 0. The zero-order chi connectivity index (χ0) is 10.7. The fourth-order valence-corrected chi connectivity index (χ4v) is 1.66. The van der Waals surface area contributed by atoms with E-state index in [1.165, 1.54) is 0 Å². The molecule has 1 heterocycles. The van der Waals surface area contributed by atoms with Crippen LogP contribution >= 0.6 is 12.6 Å². The molecule has 0 radical (unpaired) electrons. The molecule has 1 fully saturated rings. The molecule has 0 aromatic rings. The van der Waals surface area contributed by atoms with Gasteiger partial charge in [-0.3, -0.25) is 0 Å². The Hall–Kier alpha value is -0.500. The first-order valence-electron chi connectivity index (χ1n) is 3.96. The number of hydrogen-bond acceptors (Lipinski definition) is 6. The molecule has 0 spiro atoms. The molecule has 3 N–H and O–H groups in total. The van der Waals surface area contributed by atoms with E-state index in [0.29, 0.717) is 0 Å². The summed E-state index contributed by atoms with van der Waals surface area (Å²) in [6.45, 7) is -0.432. The monoisotopic (exact) mass is 221 g/mol. The fourth-order valence-electron chi connectivity index (χ4n) is 1.27. The maximum absolute atomic E-state index is 9.49. The molecule has 1 saturated heterocycles. The van der Waals surface area contributed by atoms with Crippen molar-refractivity contribution in [1.29, 1.82) is 0 Å². The topological polar surface area (TPSA) is 119 Å². The zero-order valence-electron chi connectivity index (χ0n) is 7.13. The van der Waals surface area contributed by atoms with Crippen LogP contribution in [0.3, 0.4) is 0 Å². The Balaban J connectivity index is 2.78. The Morgan fingerprint density at radius 2 is 2.07 bits per heavy atom. The molecular formula is C6H11N3O4S. The second kappa shape index (κ2) is 4.83. The van der Waals surface area contributed by atoms with E-state index in [4.69, 9.17) is 15.4 Å². The van der Waals surface area contributed by atoms with Crippen molar-refractivity contribution in [3.63, 3.8) is 0 Å². The minimum absolute atomic E-state index is 0.432. The van der Waals surface area contributed by atoms with Crippen LogP contribution in [0.1, 0.15) is 0 Å². The van der Waals surface area contributed by atoms with Gasteiger partial charge in [-0.1, -0.05) is 5.11 Å². The highest BCUT2D eigenvalue weighted by atomic mass is 32.1. The summed E-state index contributed by atoms with van der Waals surface area (Å²) in [4.78, 5) is 2.51. The number of azide groups is 1. The van der Waals surface area contributed by atoms with Crippen LogP contribution < -0.4 is 0 Å². The Labute approximate surface area is 85.3 Å². The molecule has 7 nitrogen and oxygen atoms in total. The van der Waals surface area contributed by atoms with Crippen LogP contribution in [0.25, 0.3) is 10.4 Å². The van der Waals surface area contributed by atoms with Gasteiger partial charge in [0.1, 0.15) is 23.7 Å². The number of aliphatic hydroxyl groups excluding tert-OH is 3. The summed E-state index contributed by atoms with van der Waals surface area (Å²) in [5, 5.41) is 30.9. The lowest BCUT2D eigenvalue weighted by atomic mass is 9.99. The van der Waals surface area contributed by atoms with Gasteiger partial charge in [-0.15, -0.1) is 12.6 Å². The summed E-state index contributed by atoms with van der Waals surface area (Å²) in [5.41, 5.74) is 7.36. The summed E-state index contributed by atoms with van der Waals surface area (Å²) in [6.07, 6.45) is -3.46. The van der Waals surface area contributed by atoms with E-state index < -0.39 is 36.4 Å². The Morgan fingerprint density at radius 3 is 2.57 bits per heavy atom. The van der Waals surface area contributed by atoms with Crippen LogP contribution in [0.2, 0.25) is 0 Å². The van der Waals surface area contributed by atoms with Gasteiger partial charge in [0.2, 0.25) is 0 Å². The van der Waals surface area contributed by atoms with Gasteiger partial charge in [-0.25, -0.2) is 0 Å². The third-order valence-electron chi connectivity index (χ3n) is 2.05. The largest absolute Gasteiger partial charge is 0.394 e. The van der Waals surface area contributed by atoms with E-state index in [0.717, 1.165) is 0 Å². The van der Waals surface area contributed by atoms with Crippen LogP contribution in [0.5, 0.6) is 0 Å². The Bertz CT molecular complexity index is 247. The first kappa shape index (κ1) is 11.6. The highest BCUT2D eigenvalue weighted by Gasteiger charge is 2.42. The molecule has 0 aromatic heterocycles. The number of aliphatic hydroxyl groups is 3. The third-order valence-corrected chi connectivity index (χ3v) is 2.48. The number of ether oxygens (including phenoxy) is 1. The highest BCUT2D eigenvalue weighted by Crippen LogP contribution is 2.25. The van der Waals surface area contributed by atoms with Gasteiger partial charge in [0.15, 0.2) is 0 Å². The van der Waals surface area contributed by atoms with Crippen LogP contribution in [0, 0.1) is 0 Å². The first-order chi connectivity index (χ1) is 6.61. The molecule has 0 aliphatic carbocycles. The van der Waals surface area contributed by atoms with E-state index in [2.05, 4.69) is 22.7 Å². The SMILES string of the molecule is [N-]=[N+]=NC1C(O)[C@H](O)C(CO)O[C@H]1S. The molecule has 14 heavy (non-hydrogen) atoms. The van der Waals surface area contributed by atoms with Crippen molar-refractivity contribution in [1.82, 2.24) is 0 Å². The van der Waals surface area contributed by atoms with Crippen molar-refractivity contribution < 1.29 is 20.1 Å². The lowest BCUT2D eigenvalue weighted by molar-refractivity contribution is -0.165. The predicted octanol–water partition coefficient (Wildman–Crippen LogP) is -0.966. The minimum Gasteiger partial charge on any atom is -0.394 e. The van der Waals surface area contributed by atoms with E-state index in [1.807, 2.05) is 0 Å². The van der Waals surface area contributed by atoms with E-state index in [-0.39, 0.29) is 0 Å². The number of rotatable bonds is 2. The van der Waals surface area contributed by atoms with Gasteiger partial charge in [0, 0.05) is 4.91 Å². The number of hydrogen-bond donors (Lipinski definition) is 4. The van der Waals surface area contributed by atoms with Gasteiger partial charge in [-0.2, -0.15) is 0 Å². The summed E-state index contributed by atoms with van der Waals surface area (Å²) >= 11 is 3.93. The molecule has 80 valence electrons. The number of thiol groups is 1. The quantitative estimate of drug-likeness (QED) is 0.208. The lowest BCUT2D eigenvalue weighted by Gasteiger charge is -2.38. The molecule has 5 atom stereocenters. The average Bonchev–Trinajstić information content (AvgIpc) is 2.18. The highest BCUT2D eigenvalue weighted by molar-refractivity contribution is 7.80. The zero-order valence-corrected chi connectivity index (χ0v) is 8.03. The van der Waals surface area contributed by atoms with E-state index in [1.54, 1.807) is 0 Å². The van der Waals surface area contributed by atoms with Gasteiger partial charge in [0.25, 0.3) is 0 Å². The molecular weight excluding hydrogens is 210 g/mol. The molecule has 8 heteroatoms. The minimum atomic E-state index is -1.28. The molecule has 3 unspecified atom stereocenters. The van der Waals surface area contributed by atoms with Crippen molar-refractivity contribution in [2.24, 2.45) is 5.11 Å². The summed E-state index contributed by atoms with van der Waals surface area (Å²) in [6, 6.07) is -0.957. The van der Waals surface area contributed by atoms with Crippen molar-refractivity contribution >= 4 is 12.6 Å². The van der Waals surface area contributed by atoms with E-state index >= 15 is 0 Å². The van der Waals surface area contributed by atoms with Crippen LogP contribution in [-0.4, -0.2) is 51.7 Å². The smallest absolute Gasteiger partial charge is 0.112 e. The average molecular weight is 221 g/mol. The Morgan fingerprint density at radius 1 is 1.43 bits per heavy atom. The van der Waals surface area contributed by atoms with Crippen LogP contribution in [-0.2, 0) is 4.74 Å². The first-order valence-corrected chi connectivity index (χ1v) is 4.48. The number of nitrogens with zero attached hydrogens (tertiary/aromatic N) is 3. The molecule has 0 bridgehead atoms. The maximum Gasteiger partial charge on any atom is 0.112 e. The van der Waals surface area contributed by atoms with Crippen molar-refractivity contribution in [3.05, 3.63) is 10.4 Å². The summed E-state index contributed by atoms with van der Waals surface area (Å²) in [7, 11) is 0. The normalized spacial score (nSPS) is 43.0. The third kappa shape index (κ3) is 2.11. The van der Waals surface area contributed by atoms with E-state index in [9.17, 15) is 10.2 Å². The second-order valence-electron chi connectivity index (χ2n) is 2.92. The predicted molar refractivity (Wildman–Crippen MR) is 49.7 cm³/mol. The Kier molecular flexibility index (Phi) is 3.99. The van der Waals surface area contributed by atoms with Crippen molar-refractivity contribution in [2.45, 2.75) is 29.8 Å². The summed E-state index contributed by atoms with van der Waals surface area (Å²) < 4.78 is 5.02. The van der Waals surface area contributed by atoms with Gasteiger partial charge in [-0.05, 0) is 5.53 Å². The lowest BCUT2D eigenvalue weighted by Crippen LogP contribution is -2.56. The molecule has 1 aliphatic heterocycles. The van der Waals surface area contributed by atoms with Crippen LogP contribution in [0.15, 0.2) is 5.11 Å². The maximum atomic E-state index is 9.49. The second-order valence-corrected chi connectivity index (χ2v) is 3.43. The van der Waals surface area contributed by atoms with Gasteiger partial charge >= 0.3 is 0 Å². The van der Waals surface area contributed by atoms with Gasteiger partial charge < -0.3 is 20.1 Å². The van der Waals surface area contributed by atoms with Gasteiger partial charge in [0.05, 0.1) is 12.7 Å². The molecule has 0 amide bonds. The van der Waals surface area contributed by atoms with Crippen molar-refractivity contribution in [3.8, 4) is 0 Å². The van der Waals surface area contributed by atoms with Crippen molar-refractivity contribution in [2.75, 3.05) is 6.61 Å². The molecule has 1 aliphatic rings. The molecule has 1 rings (SSSR count).